The summed E-state index contributed by atoms with van der Waals surface area (Å²) in [5, 5.41) is 23.6. The van der Waals surface area contributed by atoms with Crippen LogP contribution in [0.3, 0.4) is 0 Å². The van der Waals surface area contributed by atoms with Gasteiger partial charge in [0.2, 0.25) is 21.1 Å². The SMILES string of the molecule is Cc1nnc(NC(=O)CSc2nnc(CNC(=O)c3ccc(S(=O)(=O)N(C)C)cc3)n2-c2cccc(C)c2C)s1. The Labute approximate surface area is 240 Å². The van der Waals surface area contributed by atoms with E-state index < -0.39 is 15.9 Å². The summed E-state index contributed by atoms with van der Waals surface area (Å²) in [7, 11) is -0.712. The molecule has 0 aliphatic heterocycles. The lowest BCUT2D eigenvalue weighted by Crippen LogP contribution is -2.25. The monoisotopic (exact) mass is 600 g/mol. The van der Waals surface area contributed by atoms with Crippen LogP contribution in [-0.4, -0.2) is 69.3 Å². The maximum Gasteiger partial charge on any atom is 0.251 e. The fourth-order valence-electron chi connectivity index (χ4n) is 3.61. The van der Waals surface area contributed by atoms with Gasteiger partial charge in [-0.2, -0.15) is 0 Å². The predicted octanol–water partition coefficient (Wildman–Crippen LogP) is 2.96. The number of amides is 2. The molecule has 2 N–H and O–H groups in total. The molecule has 0 saturated carbocycles. The third-order valence-electron chi connectivity index (χ3n) is 5.92. The van der Waals surface area contributed by atoms with E-state index in [1.54, 1.807) is 6.92 Å². The number of aryl methyl sites for hydroxylation is 2. The van der Waals surface area contributed by atoms with Crippen LogP contribution in [0.4, 0.5) is 5.13 Å². The topological polar surface area (TPSA) is 152 Å². The molecule has 0 radical (unpaired) electrons. The number of nitrogens with one attached hydrogen (secondary N) is 2. The van der Waals surface area contributed by atoms with Crippen LogP contribution < -0.4 is 10.6 Å². The minimum atomic E-state index is -3.60. The van der Waals surface area contributed by atoms with E-state index >= 15 is 0 Å². The smallest absolute Gasteiger partial charge is 0.251 e. The van der Waals surface area contributed by atoms with Crippen LogP contribution in [0.1, 0.15) is 32.3 Å². The molecule has 2 amide bonds. The fourth-order valence-corrected chi connectivity index (χ4v) is 5.88. The normalized spacial score (nSPS) is 11.6. The zero-order valence-electron chi connectivity index (χ0n) is 22.5. The molecule has 15 heteroatoms. The van der Waals surface area contributed by atoms with Gasteiger partial charge in [-0.3, -0.25) is 19.5 Å². The van der Waals surface area contributed by atoms with Gasteiger partial charge >= 0.3 is 0 Å². The summed E-state index contributed by atoms with van der Waals surface area (Å²) in [5.41, 5.74) is 3.20. The second-order valence-corrected chi connectivity index (χ2v) is 13.2. The van der Waals surface area contributed by atoms with E-state index in [1.165, 1.54) is 61.5 Å². The molecule has 0 fully saturated rings. The van der Waals surface area contributed by atoms with Crippen molar-refractivity contribution in [2.75, 3.05) is 25.2 Å². The lowest BCUT2D eigenvalue weighted by Gasteiger charge is -2.15. The van der Waals surface area contributed by atoms with Crippen molar-refractivity contribution < 1.29 is 18.0 Å². The number of nitrogens with zero attached hydrogens (tertiary/aromatic N) is 6. The Kier molecular flexibility index (Phi) is 8.98. The molecule has 0 aliphatic carbocycles. The molecule has 0 unspecified atom stereocenters. The van der Waals surface area contributed by atoms with Gasteiger partial charge in [0.1, 0.15) is 5.01 Å². The number of hydrogen-bond acceptors (Lipinski definition) is 10. The average Bonchev–Trinajstić information content (AvgIpc) is 3.52. The Morgan fingerprint density at radius 3 is 2.38 bits per heavy atom. The number of hydrogen-bond donors (Lipinski definition) is 2. The van der Waals surface area contributed by atoms with Crippen molar-refractivity contribution in [3.8, 4) is 5.69 Å². The van der Waals surface area contributed by atoms with E-state index in [0.29, 0.717) is 21.7 Å². The first-order valence-corrected chi connectivity index (χ1v) is 15.3. The molecule has 0 bridgehead atoms. The molecule has 0 aliphatic rings. The summed E-state index contributed by atoms with van der Waals surface area (Å²) in [6.07, 6.45) is 0. The first-order chi connectivity index (χ1) is 19.0. The fraction of sp³-hybridized carbons (Fsp3) is 0.280. The van der Waals surface area contributed by atoms with Crippen LogP contribution in [0.15, 0.2) is 52.5 Å². The van der Waals surface area contributed by atoms with Crippen molar-refractivity contribution in [2.45, 2.75) is 37.4 Å². The molecule has 2 aromatic carbocycles. The highest BCUT2D eigenvalue weighted by atomic mass is 32.2. The van der Waals surface area contributed by atoms with Crippen LogP contribution in [0.5, 0.6) is 0 Å². The molecule has 210 valence electrons. The first-order valence-electron chi connectivity index (χ1n) is 12.0. The summed E-state index contributed by atoms with van der Waals surface area (Å²) in [4.78, 5) is 25.5. The maximum absolute atomic E-state index is 12.9. The third-order valence-corrected chi connectivity index (χ3v) is 9.44. The van der Waals surface area contributed by atoms with Gasteiger partial charge < -0.3 is 5.32 Å². The van der Waals surface area contributed by atoms with E-state index in [1.807, 2.05) is 36.6 Å². The van der Waals surface area contributed by atoms with Crippen molar-refractivity contribution in [1.29, 1.82) is 0 Å². The molecule has 40 heavy (non-hydrogen) atoms. The second-order valence-electron chi connectivity index (χ2n) is 8.91. The summed E-state index contributed by atoms with van der Waals surface area (Å²) < 4.78 is 27.6. The van der Waals surface area contributed by atoms with Gasteiger partial charge in [0.15, 0.2) is 11.0 Å². The number of aromatic nitrogens is 5. The standard InChI is InChI=1S/C25H28N8O4S3/c1-15-7-6-8-20(16(15)2)33-21(29-31-25(33)38-14-22(34)27-24-30-28-17(3)39-24)13-26-23(35)18-9-11-19(12-10-18)40(36,37)32(4)5/h6-12H,13-14H2,1-5H3,(H,26,35)(H,27,30,34). The molecular weight excluding hydrogens is 573 g/mol. The first kappa shape index (κ1) is 29.3. The number of anilines is 1. The van der Waals surface area contributed by atoms with Crippen LogP contribution in [0.25, 0.3) is 5.69 Å². The number of carbonyl (C=O) groups excluding carboxylic acids is 2. The highest BCUT2D eigenvalue weighted by Crippen LogP contribution is 2.26. The Hall–Kier alpha value is -3.66. The van der Waals surface area contributed by atoms with Crippen LogP contribution in [0, 0.1) is 20.8 Å². The summed E-state index contributed by atoms with van der Waals surface area (Å²) >= 11 is 2.50. The van der Waals surface area contributed by atoms with E-state index in [4.69, 9.17) is 0 Å². The summed E-state index contributed by atoms with van der Waals surface area (Å²) in [6, 6.07) is 11.5. The number of rotatable bonds is 10. The lowest BCUT2D eigenvalue weighted by molar-refractivity contribution is -0.113. The molecule has 2 aromatic heterocycles. The zero-order valence-corrected chi connectivity index (χ0v) is 24.9. The summed E-state index contributed by atoms with van der Waals surface area (Å²) in [6.45, 7) is 5.83. The van der Waals surface area contributed by atoms with Gasteiger partial charge in [-0.25, -0.2) is 12.7 Å². The predicted molar refractivity (Wildman–Crippen MR) is 153 cm³/mol. The van der Waals surface area contributed by atoms with Gasteiger partial charge in [0, 0.05) is 19.7 Å². The van der Waals surface area contributed by atoms with Gasteiger partial charge in [-0.05, 0) is 62.2 Å². The number of sulfonamides is 1. The minimum absolute atomic E-state index is 0.0494. The van der Waals surface area contributed by atoms with Crippen molar-refractivity contribution in [1.82, 2.24) is 34.6 Å². The molecule has 0 atom stereocenters. The highest BCUT2D eigenvalue weighted by Gasteiger charge is 2.20. The Bertz CT molecular complexity index is 1650. The van der Waals surface area contributed by atoms with E-state index in [2.05, 4.69) is 31.0 Å². The van der Waals surface area contributed by atoms with Crippen molar-refractivity contribution in [3.63, 3.8) is 0 Å². The van der Waals surface area contributed by atoms with Gasteiger partial charge in [-0.1, -0.05) is 35.2 Å². The Morgan fingerprint density at radius 2 is 1.73 bits per heavy atom. The zero-order chi connectivity index (χ0) is 29.0. The van der Waals surface area contributed by atoms with E-state index in [0.717, 1.165) is 26.1 Å². The van der Waals surface area contributed by atoms with Crippen molar-refractivity contribution in [3.05, 3.63) is 70.0 Å². The largest absolute Gasteiger partial charge is 0.345 e. The Balaban J connectivity index is 1.53. The van der Waals surface area contributed by atoms with Gasteiger partial charge in [-0.15, -0.1) is 20.4 Å². The van der Waals surface area contributed by atoms with Gasteiger partial charge in [0.25, 0.3) is 5.91 Å². The lowest BCUT2D eigenvalue weighted by atomic mass is 10.1. The highest BCUT2D eigenvalue weighted by molar-refractivity contribution is 7.99. The maximum atomic E-state index is 12.9. The molecule has 0 saturated heterocycles. The number of benzene rings is 2. The summed E-state index contributed by atoms with van der Waals surface area (Å²) in [5.74, 6) is -0.121. The third kappa shape index (κ3) is 6.55. The second kappa shape index (κ2) is 12.2. The van der Waals surface area contributed by atoms with E-state index in [9.17, 15) is 18.0 Å². The molecule has 2 heterocycles. The van der Waals surface area contributed by atoms with Gasteiger partial charge in [0.05, 0.1) is 22.9 Å². The minimum Gasteiger partial charge on any atom is -0.345 e. The average molecular weight is 601 g/mol. The molecule has 4 aromatic rings. The quantitative estimate of drug-likeness (QED) is 0.262. The number of thioether (sulfide) groups is 1. The molecule has 0 spiro atoms. The number of carbonyl (C=O) groups is 2. The van der Waals surface area contributed by atoms with Crippen molar-refractivity contribution in [2.24, 2.45) is 0 Å². The Morgan fingerprint density at radius 1 is 1.00 bits per heavy atom. The molecular formula is C25H28N8O4S3. The van der Waals surface area contributed by atoms with Crippen LogP contribution in [0.2, 0.25) is 0 Å². The molecule has 4 rings (SSSR count). The van der Waals surface area contributed by atoms with E-state index in [-0.39, 0.29) is 23.1 Å². The molecule has 12 nitrogen and oxygen atoms in total. The van der Waals surface area contributed by atoms with Crippen LogP contribution in [-0.2, 0) is 21.4 Å². The van der Waals surface area contributed by atoms with Crippen LogP contribution >= 0.6 is 23.1 Å². The van der Waals surface area contributed by atoms with Crippen molar-refractivity contribution >= 4 is 50.1 Å².